The van der Waals surface area contributed by atoms with Gasteiger partial charge in [0.15, 0.2) is 0 Å². The second-order valence-electron chi connectivity index (χ2n) is 3.77. The Balaban J connectivity index is 2.22. The third-order valence-electron chi connectivity index (χ3n) is 2.59. The number of fused-ring (bicyclic) bond motifs is 1. The zero-order valence-electron chi connectivity index (χ0n) is 8.81. The van der Waals surface area contributed by atoms with Crippen molar-refractivity contribution in [2.45, 2.75) is 4.90 Å². The molecule has 0 aliphatic rings. The third kappa shape index (κ3) is 1.92. The van der Waals surface area contributed by atoms with E-state index >= 15 is 0 Å². The number of rotatable bonds is 1. The van der Waals surface area contributed by atoms with Gasteiger partial charge in [-0.15, -0.1) is 12.6 Å². The Morgan fingerprint density at radius 1 is 1.12 bits per heavy atom. The smallest absolute Gasteiger partial charge is 0.139 e. The summed E-state index contributed by atoms with van der Waals surface area (Å²) in [5, 5.41) is 0.692. The van der Waals surface area contributed by atoms with Crippen molar-refractivity contribution in [1.82, 2.24) is 9.97 Å². The number of nitrogens with one attached hydrogen (secondary N) is 1. The summed E-state index contributed by atoms with van der Waals surface area (Å²) in [5.41, 5.74) is 2.79. The first-order chi connectivity index (χ1) is 8.24. The molecule has 2 nitrogen and oxygen atoms in total. The number of aromatic nitrogens is 2. The van der Waals surface area contributed by atoms with Crippen molar-refractivity contribution in [3.8, 4) is 11.4 Å². The molecule has 0 unspecified atom stereocenters. The number of halogens is 1. The Kier molecular flexibility index (Phi) is 2.57. The molecule has 17 heavy (non-hydrogen) atoms. The lowest BCUT2D eigenvalue weighted by Gasteiger charge is -1.98. The molecule has 0 aliphatic heterocycles. The first kappa shape index (κ1) is 10.7. The van der Waals surface area contributed by atoms with Crippen LogP contribution < -0.4 is 0 Å². The van der Waals surface area contributed by atoms with E-state index < -0.39 is 0 Å². The number of hydrogen-bond acceptors (Lipinski definition) is 2. The van der Waals surface area contributed by atoms with Crippen LogP contribution >= 0.6 is 24.2 Å². The average Bonchev–Trinajstić information content (AvgIpc) is 2.72. The van der Waals surface area contributed by atoms with Crippen molar-refractivity contribution in [3.63, 3.8) is 0 Å². The Labute approximate surface area is 109 Å². The Hall–Kier alpha value is -1.45. The van der Waals surface area contributed by atoms with Gasteiger partial charge in [0.05, 0.1) is 16.1 Å². The van der Waals surface area contributed by atoms with E-state index in [0.29, 0.717) is 5.02 Å². The van der Waals surface area contributed by atoms with E-state index in [9.17, 15) is 0 Å². The van der Waals surface area contributed by atoms with E-state index in [1.807, 2.05) is 42.5 Å². The first-order valence-corrected chi connectivity index (χ1v) is 6.00. The van der Waals surface area contributed by atoms with E-state index in [4.69, 9.17) is 11.6 Å². The molecule has 2 aromatic carbocycles. The summed E-state index contributed by atoms with van der Waals surface area (Å²) in [6, 6.07) is 13.5. The van der Waals surface area contributed by atoms with Gasteiger partial charge in [-0.2, -0.15) is 0 Å². The van der Waals surface area contributed by atoms with Crippen LogP contribution in [0.5, 0.6) is 0 Å². The minimum absolute atomic E-state index is 0.692. The second-order valence-corrected chi connectivity index (χ2v) is 4.69. The molecule has 84 valence electrons. The summed E-state index contributed by atoms with van der Waals surface area (Å²) in [6.07, 6.45) is 0. The van der Waals surface area contributed by atoms with Gasteiger partial charge in [0.1, 0.15) is 5.82 Å². The summed E-state index contributed by atoms with van der Waals surface area (Å²) >= 11 is 10.4. The standard InChI is InChI=1S/C13H9ClN2S/c14-10-4-2-1-3-9(10)13-15-11-6-5-8(17)7-12(11)16-13/h1-7,17H,(H,15,16). The molecule has 1 heterocycles. The van der Waals surface area contributed by atoms with E-state index in [0.717, 1.165) is 27.3 Å². The molecule has 0 radical (unpaired) electrons. The molecule has 3 aromatic rings. The molecule has 0 spiro atoms. The van der Waals surface area contributed by atoms with Gasteiger partial charge in [0, 0.05) is 10.5 Å². The normalized spacial score (nSPS) is 10.9. The van der Waals surface area contributed by atoms with E-state index in [-0.39, 0.29) is 0 Å². The number of thiol groups is 1. The topological polar surface area (TPSA) is 28.7 Å². The fourth-order valence-electron chi connectivity index (χ4n) is 1.78. The SMILES string of the molecule is Sc1ccc2nc(-c3ccccc3Cl)[nH]c2c1. The van der Waals surface area contributed by atoms with E-state index in [1.54, 1.807) is 0 Å². The van der Waals surface area contributed by atoms with Crippen molar-refractivity contribution in [2.75, 3.05) is 0 Å². The number of hydrogen-bond donors (Lipinski definition) is 2. The maximum Gasteiger partial charge on any atom is 0.139 e. The molecule has 1 N–H and O–H groups in total. The third-order valence-corrected chi connectivity index (χ3v) is 3.20. The molecule has 4 heteroatoms. The van der Waals surface area contributed by atoms with Crippen LogP contribution in [0.15, 0.2) is 47.4 Å². The van der Waals surface area contributed by atoms with Gasteiger partial charge < -0.3 is 4.98 Å². The molecule has 3 rings (SSSR count). The van der Waals surface area contributed by atoms with Crippen molar-refractivity contribution >= 4 is 35.3 Å². The quantitative estimate of drug-likeness (QED) is 0.632. The van der Waals surface area contributed by atoms with Crippen molar-refractivity contribution < 1.29 is 0 Å². The molecular formula is C13H9ClN2S. The van der Waals surface area contributed by atoms with Gasteiger partial charge in [-0.1, -0.05) is 23.7 Å². The molecule has 0 bridgehead atoms. The van der Waals surface area contributed by atoms with Gasteiger partial charge in [-0.25, -0.2) is 4.98 Å². The van der Waals surface area contributed by atoms with Gasteiger partial charge >= 0.3 is 0 Å². The monoisotopic (exact) mass is 260 g/mol. The Morgan fingerprint density at radius 2 is 1.94 bits per heavy atom. The molecule has 0 atom stereocenters. The molecule has 0 saturated heterocycles. The summed E-state index contributed by atoms with van der Waals surface area (Å²) in [4.78, 5) is 8.67. The average molecular weight is 261 g/mol. The highest BCUT2D eigenvalue weighted by Gasteiger charge is 2.08. The summed E-state index contributed by atoms with van der Waals surface area (Å²) < 4.78 is 0. The fraction of sp³-hybridized carbons (Fsp3) is 0. The van der Waals surface area contributed by atoms with Gasteiger partial charge in [-0.3, -0.25) is 0 Å². The van der Waals surface area contributed by atoms with Gasteiger partial charge in [-0.05, 0) is 30.3 Å². The van der Waals surface area contributed by atoms with Crippen LogP contribution in [0.2, 0.25) is 5.02 Å². The molecule has 0 aliphatic carbocycles. The lowest BCUT2D eigenvalue weighted by molar-refractivity contribution is 1.34. The van der Waals surface area contributed by atoms with Crippen LogP contribution in [0, 0.1) is 0 Å². The van der Waals surface area contributed by atoms with Crippen LogP contribution in [0.25, 0.3) is 22.4 Å². The van der Waals surface area contributed by atoms with Crippen LogP contribution in [0.3, 0.4) is 0 Å². The van der Waals surface area contributed by atoms with E-state index in [2.05, 4.69) is 22.6 Å². The summed E-state index contributed by atoms with van der Waals surface area (Å²) in [5.74, 6) is 0.782. The fourth-order valence-corrected chi connectivity index (χ4v) is 2.21. The molecule has 1 aromatic heterocycles. The van der Waals surface area contributed by atoms with Crippen LogP contribution in [-0.2, 0) is 0 Å². The minimum atomic E-state index is 0.692. The molecule has 0 fully saturated rings. The maximum absolute atomic E-state index is 6.14. The van der Waals surface area contributed by atoms with E-state index in [1.165, 1.54) is 0 Å². The van der Waals surface area contributed by atoms with Crippen LogP contribution in [0.1, 0.15) is 0 Å². The zero-order valence-corrected chi connectivity index (χ0v) is 10.5. The molecule has 0 amide bonds. The Morgan fingerprint density at radius 3 is 2.76 bits per heavy atom. The lowest BCUT2D eigenvalue weighted by atomic mass is 10.2. The minimum Gasteiger partial charge on any atom is -0.338 e. The highest BCUT2D eigenvalue weighted by atomic mass is 35.5. The van der Waals surface area contributed by atoms with Gasteiger partial charge in [0.25, 0.3) is 0 Å². The Bertz CT molecular complexity index is 691. The predicted molar refractivity (Wildman–Crippen MR) is 73.8 cm³/mol. The number of nitrogens with zero attached hydrogens (tertiary/aromatic N) is 1. The first-order valence-electron chi connectivity index (χ1n) is 5.18. The highest BCUT2D eigenvalue weighted by Crippen LogP contribution is 2.27. The maximum atomic E-state index is 6.14. The van der Waals surface area contributed by atoms with Crippen molar-refractivity contribution in [3.05, 3.63) is 47.5 Å². The number of benzene rings is 2. The number of H-pyrrole nitrogens is 1. The van der Waals surface area contributed by atoms with Crippen molar-refractivity contribution in [2.24, 2.45) is 0 Å². The highest BCUT2D eigenvalue weighted by molar-refractivity contribution is 7.80. The van der Waals surface area contributed by atoms with Crippen LogP contribution in [0.4, 0.5) is 0 Å². The second kappa shape index (κ2) is 4.09. The van der Waals surface area contributed by atoms with Crippen molar-refractivity contribution in [1.29, 1.82) is 0 Å². The summed E-state index contributed by atoms with van der Waals surface area (Å²) in [7, 11) is 0. The number of imidazole rings is 1. The number of aromatic amines is 1. The predicted octanol–water partition coefficient (Wildman–Crippen LogP) is 4.17. The largest absolute Gasteiger partial charge is 0.338 e. The molecular weight excluding hydrogens is 252 g/mol. The molecule has 0 saturated carbocycles. The zero-order chi connectivity index (χ0) is 11.8. The summed E-state index contributed by atoms with van der Waals surface area (Å²) in [6.45, 7) is 0. The van der Waals surface area contributed by atoms with Gasteiger partial charge in [0.2, 0.25) is 0 Å². The lowest BCUT2D eigenvalue weighted by Crippen LogP contribution is -1.80. The van der Waals surface area contributed by atoms with Crippen LogP contribution in [-0.4, -0.2) is 9.97 Å².